The van der Waals surface area contributed by atoms with Crippen LogP contribution in [-0.4, -0.2) is 44.4 Å². The highest BCUT2D eigenvalue weighted by Gasteiger charge is 2.30. The van der Waals surface area contributed by atoms with Crippen LogP contribution < -0.4 is 5.43 Å². The molecule has 0 amide bonds. The first kappa shape index (κ1) is 17.4. The molecule has 6 nitrogen and oxygen atoms in total. The highest BCUT2D eigenvalue weighted by atomic mass is 32.2. The summed E-state index contributed by atoms with van der Waals surface area (Å²) in [5, 5.41) is 4.52. The van der Waals surface area contributed by atoms with Crippen LogP contribution in [0.25, 0.3) is 11.6 Å². The monoisotopic (exact) mass is 399 g/mol. The summed E-state index contributed by atoms with van der Waals surface area (Å²) < 4.78 is 44.9. The molecule has 0 saturated heterocycles. The van der Waals surface area contributed by atoms with E-state index < -0.39 is 10.0 Å². The Kier molecular flexibility index (Phi) is 3.82. The third-order valence-corrected chi connectivity index (χ3v) is 6.69. The lowest BCUT2D eigenvalue weighted by molar-refractivity contribution is 0.275. The van der Waals surface area contributed by atoms with E-state index >= 15 is 0 Å². The second-order valence-electron chi connectivity index (χ2n) is 7.16. The third-order valence-electron chi connectivity index (χ3n) is 5.42. The lowest BCUT2D eigenvalue weighted by atomic mass is 9.89. The van der Waals surface area contributed by atoms with E-state index in [4.69, 9.17) is 4.74 Å². The van der Waals surface area contributed by atoms with Crippen molar-refractivity contribution in [3.63, 3.8) is 0 Å². The van der Waals surface area contributed by atoms with E-state index in [1.807, 2.05) is 18.2 Å². The highest BCUT2D eigenvalue weighted by molar-refractivity contribution is 7.88. The van der Waals surface area contributed by atoms with E-state index in [1.54, 1.807) is 6.26 Å². The van der Waals surface area contributed by atoms with Gasteiger partial charge in [0.25, 0.3) is 0 Å². The van der Waals surface area contributed by atoms with Crippen molar-refractivity contribution in [3.8, 4) is 0 Å². The lowest BCUT2D eigenvalue weighted by Gasteiger charge is -2.28. The molecule has 4 aliphatic rings. The Morgan fingerprint density at radius 2 is 2.14 bits per heavy atom. The fourth-order valence-corrected chi connectivity index (χ4v) is 4.79. The van der Waals surface area contributed by atoms with Gasteiger partial charge in [0, 0.05) is 29.8 Å². The maximum Gasteiger partial charge on any atom is 0.211 e. The van der Waals surface area contributed by atoms with Crippen molar-refractivity contribution in [1.29, 1.82) is 0 Å². The molecule has 1 aromatic rings. The SMILES string of the molecule is CS(=O)(=O)N1CC=C(C2=C3NN=C4C=Cc5cc(F)cc(c54)C3=COC2)CC1. The van der Waals surface area contributed by atoms with Gasteiger partial charge in [-0.2, -0.15) is 9.41 Å². The molecular weight excluding hydrogens is 381 g/mol. The Labute approximate surface area is 162 Å². The molecule has 3 aliphatic heterocycles. The molecule has 0 fully saturated rings. The summed E-state index contributed by atoms with van der Waals surface area (Å²) in [6, 6.07) is 3.01. The molecule has 1 aliphatic carbocycles. The Bertz CT molecular complexity index is 1160. The number of nitrogens with zero attached hydrogens (tertiary/aromatic N) is 2. The molecule has 5 rings (SSSR count). The summed E-state index contributed by atoms with van der Waals surface area (Å²) in [4.78, 5) is 0. The number of hydrogen-bond acceptors (Lipinski definition) is 5. The summed E-state index contributed by atoms with van der Waals surface area (Å²) in [5.41, 5.74) is 9.82. The molecule has 8 heteroatoms. The minimum atomic E-state index is -3.22. The number of rotatable bonds is 2. The van der Waals surface area contributed by atoms with Crippen LogP contribution in [0.4, 0.5) is 4.39 Å². The Morgan fingerprint density at radius 1 is 1.29 bits per heavy atom. The Balaban J connectivity index is 1.61. The minimum absolute atomic E-state index is 0.311. The van der Waals surface area contributed by atoms with Crippen LogP contribution in [0.3, 0.4) is 0 Å². The van der Waals surface area contributed by atoms with Crippen molar-refractivity contribution < 1.29 is 17.5 Å². The quantitative estimate of drug-likeness (QED) is 0.829. The maximum atomic E-state index is 14.2. The lowest BCUT2D eigenvalue weighted by Crippen LogP contribution is -2.34. The van der Waals surface area contributed by atoms with Crippen LogP contribution >= 0.6 is 0 Å². The van der Waals surface area contributed by atoms with Gasteiger partial charge in [0.15, 0.2) is 0 Å². The van der Waals surface area contributed by atoms with Gasteiger partial charge in [-0.25, -0.2) is 12.8 Å². The predicted molar refractivity (Wildman–Crippen MR) is 105 cm³/mol. The van der Waals surface area contributed by atoms with Crippen molar-refractivity contribution in [2.45, 2.75) is 6.42 Å². The smallest absolute Gasteiger partial charge is 0.211 e. The predicted octanol–water partition coefficient (Wildman–Crippen LogP) is 2.38. The van der Waals surface area contributed by atoms with Crippen LogP contribution in [0.5, 0.6) is 0 Å². The maximum absolute atomic E-state index is 14.2. The van der Waals surface area contributed by atoms with Gasteiger partial charge in [0.1, 0.15) is 12.4 Å². The molecule has 144 valence electrons. The molecule has 0 radical (unpaired) electrons. The summed E-state index contributed by atoms with van der Waals surface area (Å²) in [6.07, 6.45) is 9.08. The van der Waals surface area contributed by atoms with E-state index in [9.17, 15) is 12.8 Å². The Morgan fingerprint density at radius 3 is 2.89 bits per heavy atom. The second-order valence-corrected chi connectivity index (χ2v) is 9.14. The number of sulfonamides is 1. The van der Waals surface area contributed by atoms with Gasteiger partial charge in [0.05, 0.1) is 23.9 Å². The Hall–Kier alpha value is -2.71. The molecule has 0 atom stereocenters. The van der Waals surface area contributed by atoms with Crippen LogP contribution in [0.2, 0.25) is 0 Å². The molecule has 0 spiro atoms. The molecule has 0 saturated carbocycles. The molecule has 3 heterocycles. The number of allylic oxidation sites excluding steroid dienone is 2. The van der Waals surface area contributed by atoms with Crippen LogP contribution in [0, 0.1) is 5.82 Å². The third kappa shape index (κ3) is 2.71. The van der Waals surface area contributed by atoms with E-state index in [2.05, 4.69) is 10.5 Å². The van der Waals surface area contributed by atoms with Gasteiger partial charge in [0.2, 0.25) is 10.0 Å². The summed E-state index contributed by atoms with van der Waals surface area (Å²) in [6.45, 7) is 1.11. The van der Waals surface area contributed by atoms with Gasteiger partial charge in [-0.15, -0.1) is 0 Å². The fraction of sp³-hybridized carbons (Fsp3) is 0.250. The molecule has 0 bridgehead atoms. The zero-order valence-corrected chi connectivity index (χ0v) is 16.0. The van der Waals surface area contributed by atoms with Crippen molar-refractivity contribution in [3.05, 3.63) is 69.9 Å². The second kappa shape index (κ2) is 6.15. The first-order valence-corrected chi connectivity index (χ1v) is 10.8. The van der Waals surface area contributed by atoms with Gasteiger partial charge < -0.3 is 4.74 Å². The van der Waals surface area contributed by atoms with Gasteiger partial charge in [-0.1, -0.05) is 12.2 Å². The molecular formula is C20H18FN3O3S. The molecule has 1 aromatic carbocycles. The number of halogens is 1. The minimum Gasteiger partial charge on any atom is -0.496 e. The van der Waals surface area contributed by atoms with E-state index in [1.165, 1.54) is 22.7 Å². The number of hydrazone groups is 1. The van der Waals surface area contributed by atoms with Crippen molar-refractivity contribution in [2.24, 2.45) is 5.10 Å². The summed E-state index contributed by atoms with van der Waals surface area (Å²) in [7, 11) is -3.22. The number of nitrogens with one attached hydrogen (secondary N) is 1. The molecule has 1 N–H and O–H groups in total. The first-order valence-electron chi connectivity index (χ1n) is 8.98. The largest absolute Gasteiger partial charge is 0.496 e. The highest BCUT2D eigenvalue weighted by Crippen LogP contribution is 2.39. The van der Waals surface area contributed by atoms with E-state index in [0.717, 1.165) is 44.8 Å². The zero-order chi connectivity index (χ0) is 19.5. The summed E-state index contributed by atoms with van der Waals surface area (Å²) in [5.74, 6) is -0.311. The number of fused-ring (bicyclic) bond motifs is 2. The zero-order valence-electron chi connectivity index (χ0n) is 15.2. The van der Waals surface area contributed by atoms with Gasteiger partial charge >= 0.3 is 0 Å². The fourth-order valence-electron chi connectivity index (χ4n) is 4.03. The average molecular weight is 399 g/mol. The van der Waals surface area contributed by atoms with Crippen molar-refractivity contribution in [2.75, 3.05) is 26.0 Å². The first-order chi connectivity index (χ1) is 13.4. The van der Waals surface area contributed by atoms with Crippen molar-refractivity contribution >= 4 is 27.4 Å². The van der Waals surface area contributed by atoms with Crippen LogP contribution in [-0.2, 0) is 14.8 Å². The number of hydrogen-bond donors (Lipinski definition) is 1. The molecule has 28 heavy (non-hydrogen) atoms. The van der Waals surface area contributed by atoms with Gasteiger partial charge in [-0.05, 0) is 41.3 Å². The molecule has 0 aromatic heterocycles. The number of ether oxygens (including phenoxy) is 1. The topological polar surface area (TPSA) is 71.0 Å². The standard InChI is InChI=1S/C20H18FN3O3S/c1-28(25,26)24-6-4-12(5-7-24)16-10-27-11-17-15-9-14(21)8-13-2-3-18(19(13)15)22-23-20(16)17/h2-4,8-9,11,23H,5-7,10H2,1H3. The number of benzene rings is 1. The molecule has 0 unspecified atom stereocenters. The van der Waals surface area contributed by atoms with Crippen LogP contribution in [0.15, 0.2) is 52.5 Å². The van der Waals surface area contributed by atoms with Crippen molar-refractivity contribution in [1.82, 2.24) is 9.73 Å². The average Bonchev–Trinajstić information content (AvgIpc) is 2.99. The van der Waals surface area contributed by atoms with Gasteiger partial charge in [-0.3, -0.25) is 5.43 Å². The normalized spacial score (nSPS) is 21.0. The van der Waals surface area contributed by atoms with E-state index in [0.29, 0.717) is 26.1 Å². The van der Waals surface area contributed by atoms with E-state index in [-0.39, 0.29) is 5.82 Å². The van der Waals surface area contributed by atoms with Crippen LogP contribution in [0.1, 0.15) is 23.1 Å². The summed E-state index contributed by atoms with van der Waals surface area (Å²) >= 11 is 0.